The highest BCUT2D eigenvalue weighted by molar-refractivity contribution is 6.01. The first-order valence-corrected chi connectivity index (χ1v) is 6.69. The van der Waals surface area contributed by atoms with Gasteiger partial charge in [-0.1, -0.05) is 0 Å². The van der Waals surface area contributed by atoms with Gasteiger partial charge in [0, 0.05) is 19.2 Å². The molecule has 100 valence electrons. The van der Waals surface area contributed by atoms with Crippen molar-refractivity contribution < 1.29 is 9.59 Å². The Balaban J connectivity index is 1.93. The maximum atomic E-state index is 12.6. The van der Waals surface area contributed by atoms with Crippen molar-refractivity contribution in [2.75, 3.05) is 11.4 Å². The number of rotatable bonds is 2. The fraction of sp³-hybridized carbons (Fsp3) is 0.500. The van der Waals surface area contributed by atoms with Crippen LogP contribution in [0, 0.1) is 12.8 Å². The third-order valence-corrected chi connectivity index (χ3v) is 3.77. The zero-order chi connectivity index (χ0) is 13.4. The number of nitrogens with one attached hydrogen (secondary N) is 1. The van der Waals surface area contributed by atoms with Gasteiger partial charge in [-0.15, -0.1) is 0 Å². The van der Waals surface area contributed by atoms with E-state index in [-0.39, 0.29) is 17.9 Å². The van der Waals surface area contributed by atoms with E-state index >= 15 is 0 Å². The number of aryl methyl sites for hydroxylation is 1. The van der Waals surface area contributed by atoms with Crippen molar-refractivity contribution in [3.8, 4) is 0 Å². The van der Waals surface area contributed by atoms with Gasteiger partial charge in [-0.05, 0) is 37.8 Å². The Morgan fingerprint density at radius 3 is 2.84 bits per heavy atom. The fourth-order valence-corrected chi connectivity index (χ4v) is 2.55. The normalized spacial score (nSPS) is 24.1. The van der Waals surface area contributed by atoms with Crippen molar-refractivity contribution >= 4 is 17.5 Å². The molecule has 2 amide bonds. The summed E-state index contributed by atoms with van der Waals surface area (Å²) in [6, 6.07) is 3.36. The Labute approximate surface area is 112 Å². The summed E-state index contributed by atoms with van der Waals surface area (Å²) >= 11 is 0. The largest absolute Gasteiger partial charge is 0.344 e. The van der Waals surface area contributed by atoms with Gasteiger partial charge in [-0.25, -0.2) is 0 Å². The lowest BCUT2D eigenvalue weighted by molar-refractivity contribution is -0.126. The van der Waals surface area contributed by atoms with Crippen molar-refractivity contribution in [2.24, 2.45) is 5.92 Å². The van der Waals surface area contributed by atoms with E-state index in [1.807, 2.05) is 19.1 Å². The van der Waals surface area contributed by atoms with Gasteiger partial charge >= 0.3 is 0 Å². The molecule has 2 heterocycles. The van der Waals surface area contributed by atoms with Crippen LogP contribution in [-0.4, -0.2) is 29.4 Å². The van der Waals surface area contributed by atoms with E-state index < -0.39 is 0 Å². The number of carbonyl (C=O) groups excluding carboxylic acids is 2. The number of pyridine rings is 1. The number of nitrogens with zero attached hydrogens (tertiary/aromatic N) is 2. The monoisotopic (exact) mass is 259 g/mol. The summed E-state index contributed by atoms with van der Waals surface area (Å²) in [5.41, 5.74) is 1.63. The van der Waals surface area contributed by atoms with E-state index in [2.05, 4.69) is 10.3 Å². The summed E-state index contributed by atoms with van der Waals surface area (Å²) in [6.07, 6.45) is 4.11. The van der Waals surface area contributed by atoms with Crippen LogP contribution in [0.4, 0.5) is 5.69 Å². The summed E-state index contributed by atoms with van der Waals surface area (Å²) in [5, 5.41) is 2.86. The molecule has 0 aromatic carbocycles. The van der Waals surface area contributed by atoms with Gasteiger partial charge in [0.25, 0.3) is 0 Å². The quantitative estimate of drug-likeness (QED) is 0.862. The minimum Gasteiger partial charge on any atom is -0.344 e. The molecule has 1 unspecified atom stereocenters. The zero-order valence-electron chi connectivity index (χ0n) is 10.9. The van der Waals surface area contributed by atoms with Gasteiger partial charge in [-0.3, -0.25) is 14.6 Å². The van der Waals surface area contributed by atoms with Crippen LogP contribution >= 0.6 is 0 Å². The second-order valence-electron chi connectivity index (χ2n) is 5.23. The average molecular weight is 259 g/mol. The molecule has 5 heteroatoms. The molecule has 5 nitrogen and oxygen atoms in total. The van der Waals surface area contributed by atoms with Crippen molar-refractivity contribution in [1.82, 2.24) is 10.3 Å². The SMILES string of the molecule is Cc1ncccc1N1CCC(=O)NC(C2CC2)C1=O. The van der Waals surface area contributed by atoms with Gasteiger partial charge in [0.2, 0.25) is 11.8 Å². The fourth-order valence-electron chi connectivity index (χ4n) is 2.55. The van der Waals surface area contributed by atoms with E-state index in [1.165, 1.54) is 0 Å². The van der Waals surface area contributed by atoms with Crippen molar-refractivity contribution in [3.63, 3.8) is 0 Å². The molecule has 1 aromatic heterocycles. The topological polar surface area (TPSA) is 62.3 Å². The summed E-state index contributed by atoms with van der Waals surface area (Å²) in [4.78, 5) is 30.3. The lowest BCUT2D eigenvalue weighted by Crippen LogP contribution is -2.46. The second-order valence-corrected chi connectivity index (χ2v) is 5.23. The number of aromatic nitrogens is 1. The first-order chi connectivity index (χ1) is 9.16. The molecular formula is C14H17N3O2. The van der Waals surface area contributed by atoms with Crippen LogP contribution in [0.5, 0.6) is 0 Å². The number of anilines is 1. The lowest BCUT2D eigenvalue weighted by atomic mass is 10.1. The minimum atomic E-state index is -0.352. The van der Waals surface area contributed by atoms with Crippen molar-refractivity contribution in [3.05, 3.63) is 24.0 Å². The molecule has 19 heavy (non-hydrogen) atoms. The Hall–Kier alpha value is -1.91. The third-order valence-electron chi connectivity index (χ3n) is 3.77. The van der Waals surface area contributed by atoms with Gasteiger partial charge in [-0.2, -0.15) is 0 Å². The Morgan fingerprint density at radius 1 is 1.37 bits per heavy atom. The minimum absolute atomic E-state index is 0.00412. The van der Waals surface area contributed by atoms with Gasteiger partial charge in [0.1, 0.15) is 6.04 Å². The molecule has 1 N–H and O–H groups in total. The number of carbonyl (C=O) groups is 2. The molecule has 2 fully saturated rings. The molecular weight excluding hydrogens is 242 g/mol. The van der Waals surface area contributed by atoms with E-state index in [9.17, 15) is 9.59 Å². The summed E-state index contributed by atoms with van der Waals surface area (Å²) in [6.45, 7) is 2.31. The Bertz CT molecular complexity index is 525. The van der Waals surface area contributed by atoms with Crippen LogP contribution in [0.3, 0.4) is 0 Å². The van der Waals surface area contributed by atoms with Crippen LogP contribution in [0.25, 0.3) is 0 Å². The molecule has 0 bridgehead atoms. The molecule has 1 saturated carbocycles. The highest BCUT2D eigenvalue weighted by Gasteiger charge is 2.41. The maximum absolute atomic E-state index is 12.6. The van der Waals surface area contributed by atoms with E-state index in [1.54, 1.807) is 11.1 Å². The Kier molecular flexibility index (Phi) is 2.97. The highest BCUT2D eigenvalue weighted by Crippen LogP contribution is 2.35. The third kappa shape index (κ3) is 2.32. The molecule has 1 atom stereocenters. The lowest BCUT2D eigenvalue weighted by Gasteiger charge is -2.25. The predicted octanol–water partition coefficient (Wildman–Crippen LogP) is 1.02. The van der Waals surface area contributed by atoms with Crippen molar-refractivity contribution in [2.45, 2.75) is 32.2 Å². The maximum Gasteiger partial charge on any atom is 0.249 e. The van der Waals surface area contributed by atoms with E-state index in [0.29, 0.717) is 18.9 Å². The van der Waals surface area contributed by atoms with Gasteiger partial charge in [0.05, 0.1) is 11.4 Å². The van der Waals surface area contributed by atoms with Crippen LogP contribution in [0.2, 0.25) is 0 Å². The van der Waals surface area contributed by atoms with Crippen LogP contribution in [-0.2, 0) is 9.59 Å². The highest BCUT2D eigenvalue weighted by atomic mass is 16.2. The number of hydrogen-bond donors (Lipinski definition) is 1. The van der Waals surface area contributed by atoms with Crippen LogP contribution in [0.15, 0.2) is 18.3 Å². The van der Waals surface area contributed by atoms with Gasteiger partial charge < -0.3 is 10.2 Å². The standard InChI is InChI=1S/C14H17N3O2/c1-9-11(3-2-7-15-9)17-8-6-12(18)16-13(14(17)19)10-4-5-10/h2-3,7,10,13H,4-6,8H2,1H3,(H,16,18). The molecule has 1 aromatic rings. The summed E-state index contributed by atoms with van der Waals surface area (Å²) < 4.78 is 0. The first kappa shape index (κ1) is 12.1. The van der Waals surface area contributed by atoms with Gasteiger partial charge in [0.15, 0.2) is 0 Å². The van der Waals surface area contributed by atoms with E-state index in [4.69, 9.17) is 0 Å². The molecule has 3 rings (SSSR count). The number of hydrogen-bond acceptors (Lipinski definition) is 3. The molecule has 1 saturated heterocycles. The molecule has 1 aliphatic carbocycles. The Morgan fingerprint density at radius 2 is 2.16 bits per heavy atom. The first-order valence-electron chi connectivity index (χ1n) is 6.69. The molecule has 1 aliphatic heterocycles. The van der Waals surface area contributed by atoms with Crippen molar-refractivity contribution in [1.29, 1.82) is 0 Å². The average Bonchev–Trinajstić information content (AvgIpc) is 3.21. The zero-order valence-corrected chi connectivity index (χ0v) is 10.9. The molecule has 2 aliphatic rings. The smallest absolute Gasteiger partial charge is 0.249 e. The van der Waals surface area contributed by atoms with Crippen LogP contribution in [0.1, 0.15) is 25.0 Å². The van der Waals surface area contributed by atoms with Crippen LogP contribution < -0.4 is 10.2 Å². The second kappa shape index (κ2) is 4.64. The predicted molar refractivity (Wildman–Crippen MR) is 70.6 cm³/mol. The molecule has 0 spiro atoms. The summed E-state index contributed by atoms with van der Waals surface area (Å²) in [5.74, 6) is 0.285. The number of amides is 2. The summed E-state index contributed by atoms with van der Waals surface area (Å²) in [7, 11) is 0. The van der Waals surface area contributed by atoms with E-state index in [0.717, 1.165) is 24.2 Å². The molecule has 0 radical (unpaired) electrons.